The molecule has 0 spiro atoms. The number of carbonyl (C=O) groups excluding carboxylic acids is 1. The monoisotopic (exact) mass is 240 g/mol. The third-order valence-corrected chi connectivity index (χ3v) is 3.51. The Balaban J connectivity index is 1.86. The maximum Gasteiger partial charge on any atom is 0.315 e. The molecule has 1 saturated carbocycles. The molecule has 1 aliphatic carbocycles. The normalized spacial score (nSPS) is 16.1. The van der Waals surface area contributed by atoms with Gasteiger partial charge in [-0.3, -0.25) is 0 Å². The van der Waals surface area contributed by atoms with Gasteiger partial charge in [0.2, 0.25) is 0 Å². The van der Waals surface area contributed by atoms with E-state index in [1.54, 1.807) is 0 Å². The Bertz CT molecular complexity index is 200. The van der Waals surface area contributed by atoms with E-state index in [1.165, 1.54) is 44.9 Å². The molecule has 3 heteroatoms. The molecule has 0 unspecified atom stereocenters. The van der Waals surface area contributed by atoms with E-state index in [2.05, 4.69) is 17.6 Å². The summed E-state index contributed by atoms with van der Waals surface area (Å²) in [6, 6.07) is 0.463. The van der Waals surface area contributed by atoms with E-state index < -0.39 is 0 Å². The molecule has 0 atom stereocenters. The zero-order valence-corrected chi connectivity index (χ0v) is 11.3. The molecule has 100 valence electrons. The van der Waals surface area contributed by atoms with E-state index in [0.29, 0.717) is 6.04 Å². The first-order chi connectivity index (χ1) is 8.33. The zero-order valence-electron chi connectivity index (χ0n) is 11.3. The maximum absolute atomic E-state index is 11.5. The number of rotatable bonds is 8. The average Bonchev–Trinajstić information content (AvgIpc) is 2.80. The summed E-state index contributed by atoms with van der Waals surface area (Å²) in [5.41, 5.74) is 0. The molecule has 0 aliphatic heterocycles. The lowest BCUT2D eigenvalue weighted by Crippen LogP contribution is -2.41. The van der Waals surface area contributed by atoms with Crippen molar-refractivity contribution in [2.24, 2.45) is 0 Å². The van der Waals surface area contributed by atoms with Gasteiger partial charge in [0.05, 0.1) is 0 Å². The maximum atomic E-state index is 11.5. The highest BCUT2D eigenvalue weighted by Crippen LogP contribution is 2.17. The number of carbonyl (C=O) groups is 1. The summed E-state index contributed by atoms with van der Waals surface area (Å²) in [6.07, 6.45) is 12.5. The molecule has 0 bridgehead atoms. The Morgan fingerprint density at radius 2 is 1.71 bits per heavy atom. The van der Waals surface area contributed by atoms with Crippen LogP contribution in [-0.2, 0) is 0 Å². The van der Waals surface area contributed by atoms with Crippen LogP contribution in [0.1, 0.15) is 71.1 Å². The summed E-state index contributed by atoms with van der Waals surface area (Å²) in [5, 5.41) is 5.99. The molecule has 3 nitrogen and oxygen atoms in total. The summed E-state index contributed by atoms with van der Waals surface area (Å²) in [6.45, 7) is 3.06. The second-order valence-corrected chi connectivity index (χ2v) is 5.15. The van der Waals surface area contributed by atoms with E-state index in [4.69, 9.17) is 0 Å². The van der Waals surface area contributed by atoms with Gasteiger partial charge in [-0.2, -0.15) is 0 Å². The number of nitrogens with one attached hydrogen (secondary N) is 2. The smallest absolute Gasteiger partial charge is 0.315 e. The molecule has 1 aliphatic rings. The molecule has 0 aromatic rings. The van der Waals surface area contributed by atoms with Crippen molar-refractivity contribution in [2.75, 3.05) is 6.54 Å². The Hall–Kier alpha value is -0.730. The summed E-state index contributed by atoms with van der Waals surface area (Å²) in [5.74, 6) is 0. The lowest BCUT2D eigenvalue weighted by atomic mass is 10.1. The van der Waals surface area contributed by atoms with Crippen molar-refractivity contribution < 1.29 is 4.79 Å². The van der Waals surface area contributed by atoms with Gasteiger partial charge in [0.1, 0.15) is 0 Å². The number of urea groups is 1. The summed E-state index contributed by atoms with van der Waals surface area (Å²) in [4.78, 5) is 11.5. The third-order valence-electron chi connectivity index (χ3n) is 3.51. The molecule has 17 heavy (non-hydrogen) atoms. The molecule has 2 amide bonds. The Morgan fingerprint density at radius 1 is 1.06 bits per heavy atom. The van der Waals surface area contributed by atoms with Crippen molar-refractivity contribution >= 4 is 6.03 Å². The van der Waals surface area contributed by atoms with Crippen LogP contribution in [0.3, 0.4) is 0 Å². The molecule has 0 heterocycles. The van der Waals surface area contributed by atoms with Gasteiger partial charge < -0.3 is 10.6 Å². The molecule has 0 radical (unpaired) electrons. The first-order valence-corrected chi connectivity index (χ1v) is 7.37. The fourth-order valence-electron chi connectivity index (χ4n) is 2.41. The van der Waals surface area contributed by atoms with E-state index in [-0.39, 0.29) is 6.03 Å². The van der Waals surface area contributed by atoms with Gasteiger partial charge in [-0.25, -0.2) is 4.79 Å². The lowest BCUT2D eigenvalue weighted by molar-refractivity contribution is 0.237. The van der Waals surface area contributed by atoms with Crippen molar-refractivity contribution in [3.8, 4) is 0 Å². The highest BCUT2D eigenvalue weighted by Gasteiger charge is 2.16. The van der Waals surface area contributed by atoms with Crippen LogP contribution >= 0.6 is 0 Å². The van der Waals surface area contributed by atoms with Gasteiger partial charge in [-0.05, 0) is 19.3 Å². The van der Waals surface area contributed by atoms with Crippen LogP contribution in [0.25, 0.3) is 0 Å². The minimum atomic E-state index is 0.0328. The predicted molar refractivity (Wildman–Crippen MR) is 72.2 cm³/mol. The largest absolute Gasteiger partial charge is 0.338 e. The highest BCUT2D eigenvalue weighted by molar-refractivity contribution is 5.74. The molecule has 1 fully saturated rings. The van der Waals surface area contributed by atoms with Crippen molar-refractivity contribution in [2.45, 2.75) is 77.2 Å². The first kappa shape index (κ1) is 14.3. The number of amides is 2. The molecular formula is C14H28N2O. The van der Waals surface area contributed by atoms with Crippen LogP contribution in [0, 0.1) is 0 Å². The van der Waals surface area contributed by atoms with E-state index >= 15 is 0 Å². The minimum Gasteiger partial charge on any atom is -0.338 e. The minimum absolute atomic E-state index is 0.0328. The molecule has 0 aromatic heterocycles. The van der Waals surface area contributed by atoms with Crippen LogP contribution in [-0.4, -0.2) is 18.6 Å². The van der Waals surface area contributed by atoms with Gasteiger partial charge in [-0.15, -0.1) is 0 Å². The van der Waals surface area contributed by atoms with Crippen LogP contribution < -0.4 is 10.6 Å². The molecular weight excluding hydrogens is 212 g/mol. The van der Waals surface area contributed by atoms with Gasteiger partial charge in [-0.1, -0.05) is 51.9 Å². The van der Waals surface area contributed by atoms with E-state index in [1.807, 2.05) is 0 Å². The van der Waals surface area contributed by atoms with Crippen molar-refractivity contribution in [3.63, 3.8) is 0 Å². The van der Waals surface area contributed by atoms with Crippen molar-refractivity contribution in [3.05, 3.63) is 0 Å². The summed E-state index contributed by atoms with van der Waals surface area (Å²) in [7, 11) is 0. The molecule has 0 aromatic carbocycles. The summed E-state index contributed by atoms with van der Waals surface area (Å²) < 4.78 is 0. The number of hydrogen-bond acceptors (Lipinski definition) is 1. The summed E-state index contributed by atoms with van der Waals surface area (Å²) >= 11 is 0. The third kappa shape index (κ3) is 7.24. The quantitative estimate of drug-likeness (QED) is 0.625. The van der Waals surface area contributed by atoms with Crippen LogP contribution in [0.15, 0.2) is 0 Å². The second kappa shape index (κ2) is 9.32. The Kier molecular flexibility index (Phi) is 7.85. The molecule has 2 N–H and O–H groups in total. The zero-order chi connectivity index (χ0) is 12.3. The number of hydrogen-bond donors (Lipinski definition) is 2. The van der Waals surface area contributed by atoms with E-state index in [9.17, 15) is 4.79 Å². The topological polar surface area (TPSA) is 41.1 Å². The molecule has 0 saturated heterocycles. The fourth-order valence-corrected chi connectivity index (χ4v) is 2.41. The van der Waals surface area contributed by atoms with Gasteiger partial charge in [0.25, 0.3) is 0 Å². The van der Waals surface area contributed by atoms with Gasteiger partial charge in [0.15, 0.2) is 0 Å². The van der Waals surface area contributed by atoms with Crippen LogP contribution in [0.5, 0.6) is 0 Å². The number of unbranched alkanes of at least 4 members (excludes halogenated alkanes) is 5. The Labute approximate surface area is 106 Å². The first-order valence-electron chi connectivity index (χ1n) is 7.37. The van der Waals surface area contributed by atoms with E-state index in [0.717, 1.165) is 25.8 Å². The van der Waals surface area contributed by atoms with Crippen LogP contribution in [0.4, 0.5) is 4.79 Å². The van der Waals surface area contributed by atoms with Crippen LogP contribution in [0.2, 0.25) is 0 Å². The van der Waals surface area contributed by atoms with Crippen molar-refractivity contribution in [1.82, 2.24) is 10.6 Å². The highest BCUT2D eigenvalue weighted by atomic mass is 16.2. The van der Waals surface area contributed by atoms with Gasteiger partial charge >= 0.3 is 6.03 Å². The van der Waals surface area contributed by atoms with Crippen molar-refractivity contribution in [1.29, 1.82) is 0 Å². The average molecular weight is 240 g/mol. The molecule has 1 rings (SSSR count). The standard InChI is InChI=1S/C14H28N2O/c1-2-3-4-5-6-9-12-15-14(17)16-13-10-7-8-11-13/h13H,2-12H2,1H3,(H2,15,16,17). The predicted octanol–water partition coefficient (Wildman–Crippen LogP) is 3.59. The fraction of sp³-hybridized carbons (Fsp3) is 0.929. The van der Waals surface area contributed by atoms with Gasteiger partial charge in [0, 0.05) is 12.6 Å². The lowest BCUT2D eigenvalue weighted by Gasteiger charge is -2.12. The Morgan fingerprint density at radius 3 is 2.41 bits per heavy atom. The SMILES string of the molecule is CCCCCCCCNC(=O)NC1CCCC1. The second-order valence-electron chi connectivity index (χ2n) is 5.15.